The molecule has 0 bridgehead atoms. The summed E-state index contributed by atoms with van der Waals surface area (Å²) in [5.41, 5.74) is 3.62. The Morgan fingerprint density at radius 2 is 2.25 bits per heavy atom. The molecular formula is C14H19N5O. The van der Waals surface area contributed by atoms with Crippen molar-refractivity contribution in [1.29, 1.82) is 0 Å². The molecule has 0 spiro atoms. The second-order valence-corrected chi connectivity index (χ2v) is 4.55. The van der Waals surface area contributed by atoms with Gasteiger partial charge in [0.05, 0.1) is 23.6 Å². The Kier molecular flexibility index (Phi) is 4.70. The molecule has 0 saturated heterocycles. The summed E-state index contributed by atoms with van der Waals surface area (Å²) >= 11 is 0. The van der Waals surface area contributed by atoms with Crippen LogP contribution in [0.25, 0.3) is 0 Å². The molecule has 2 rings (SSSR count). The number of H-pyrrole nitrogens is 1. The number of pyridine rings is 1. The number of anilines is 1. The summed E-state index contributed by atoms with van der Waals surface area (Å²) in [6.07, 6.45) is 6.87. The van der Waals surface area contributed by atoms with Gasteiger partial charge in [0.2, 0.25) is 0 Å². The third kappa shape index (κ3) is 3.34. The number of aryl methyl sites for hydroxylation is 2. The van der Waals surface area contributed by atoms with E-state index in [4.69, 9.17) is 0 Å². The molecule has 0 aromatic carbocycles. The van der Waals surface area contributed by atoms with Crippen molar-refractivity contribution in [2.45, 2.75) is 19.8 Å². The molecule has 1 amide bonds. The van der Waals surface area contributed by atoms with Crippen LogP contribution in [0.3, 0.4) is 0 Å². The van der Waals surface area contributed by atoms with E-state index in [-0.39, 0.29) is 5.91 Å². The van der Waals surface area contributed by atoms with Gasteiger partial charge in [-0.15, -0.1) is 0 Å². The number of nitrogens with one attached hydrogen (secondary N) is 3. The van der Waals surface area contributed by atoms with Crippen LogP contribution in [0, 0.1) is 6.92 Å². The van der Waals surface area contributed by atoms with Gasteiger partial charge in [-0.3, -0.25) is 14.9 Å². The molecule has 0 saturated carbocycles. The first kappa shape index (κ1) is 14.0. The highest BCUT2D eigenvalue weighted by atomic mass is 16.1. The fourth-order valence-electron chi connectivity index (χ4n) is 2.00. The molecule has 0 atom stereocenters. The molecule has 0 aliphatic rings. The molecule has 0 radical (unpaired) electrons. The summed E-state index contributed by atoms with van der Waals surface area (Å²) in [4.78, 5) is 16.0. The van der Waals surface area contributed by atoms with Gasteiger partial charge in [0.25, 0.3) is 5.91 Å². The normalized spacial score (nSPS) is 10.3. The number of rotatable bonds is 6. The second kappa shape index (κ2) is 6.70. The second-order valence-electron chi connectivity index (χ2n) is 4.55. The molecule has 2 aromatic heterocycles. The van der Waals surface area contributed by atoms with E-state index in [9.17, 15) is 4.79 Å². The predicted molar refractivity (Wildman–Crippen MR) is 77.8 cm³/mol. The van der Waals surface area contributed by atoms with Crippen LogP contribution in [0.4, 0.5) is 5.69 Å². The first-order valence-electron chi connectivity index (χ1n) is 6.61. The smallest absolute Gasteiger partial charge is 0.253 e. The topological polar surface area (TPSA) is 82.7 Å². The summed E-state index contributed by atoms with van der Waals surface area (Å²) in [6, 6.07) is 1.71. The summed E-state index contributed by atoms with van der Waals surface area (Å²) in [5, 5.41) is 12.8. The fraction of sp³-hybridized carbons (Fsp3) is 0.357. The Bertz CT molecular complexity index is 578. The van der Waals surface area contributed by atoms with Crippen molar-refractivity contribution >= 4 is 11.6 Å². The van der Waals surface area contributed by atoms with Gasteiger partial charge in [-0.25, -0.2) is 0 Å². The minimum Gasteiger partial charge on any atom is -0.386 e. The van der Waals surface area contributed by atoms with Crippen molar-refractivity contribution in [3.8, 4) is 0 Å². The van der Waals surface area contributed by atoms with Crippen molar-refractivity contribution in [2.75, 3.05) is 18.9 Å². The number of nitrogens with zero attached hydrogens (tertiary/aromatic N) is 2. The van der Waals surface area contributed by atoms with Gasteiger partial charge in [-0.05, 0) is 31.4 Å². The summed E-state index contributed by atoms with van der Waals surface area (Å²) < 4.78 is 0. The maximum atomic E-state index is 12.1. The number of hydrogen-bond acceptors (Lipinski definition) is 4. The molecule has 6 nitrogen and oxygen atoms in total. The van der Waals surface area contributed by atoms with E-state index in [1.165, 1.54) is 5.56 Å². The summed E-state index contributed by atoms with van der Waals surface area (Å²) in [6.45, 7) is 2.63. The van der Waals surface area contributed by atoms with Crippen molar-refractivity contribution in [2.24, 2.45) is 0 Å². The third-order valence-corrected chi connectivity index (χ3v) is 3.18. The van der Waals surface area contributed by atoms with Gasteiger partial charge in [0.15, 0.2) is 0 Å². The monoisotopic (exact) mass is 273 g/mol. The largest absolute Gasteiger partial charge is 0.386 e. The maximum Gasteiger partial charge on any atom is 0.253 e. The molecule has 3 N–H and O–H groups in total. The maximum absolute atomic E-state index is 12.1. The number of hydrogen-bond donors (Lipinski definition) is 3. The summed E-state index contributed by atoms with van der Waals surface area (Å²) in [7, 11) is 1.77. The molecule has 0 fully saturated rings. The van der Waals surface area contributed by atoms with Crippen LogP contribution in [0.5, 0.6) is 0 Å². The molecule has 6 heteroatoms. The lowest BCUT2D eigenvalue weighted by Gasteiger charge is -2.09. The first-order valence-corrected chi connectivity index (χ1v) is 6.61. The van der Waals surface area contributed by atoms with Gasteiger partial charge >= 0.3 is 0 Å². The van der Waals surface area contributed by atoms with Crippen LogP contribution in [0.2, 0.25) is 0 Å². The lowest BCUT2D eigenvalue weighted by molar-refractivity contribution is 0.0954. The van der Waals surface area contributed by atoms with Crippen LogP contribution in [0.15, 0.2) is 24.7 Å². The molecule has 20 heavy (non-hydrogen) atoms. The van der Waals surface area contributed by atoms with Crippen molar-refractivity contribution in [3.63, 3.8) is 0 Å². The van der Waals surface area contributed by atoms with Crippen molar-refractivity contribution in [3.05, 3.63) is 41.5 Å². The molecule has 0 aliphatic carbocycles. The molecule has 106 valence electrons. The van der Waals surface area contributed by atoms with Gasteiger partial charge in [-0.1, -0.05) is 0 Å². The van der Waals surface area contributed by atoms with Crippen LogP contribution in [0.1, 0.15) is 28.0 Å². The van der Waals surface area contributed by atoms with Crippen LogP contribution < -0.4 is 10.6 Å². The van der Waals surface area contributed by atoms with Gasteiger partial charge < -0.3 is 10.6 Å². The van der Waals surface area contributed by atoms with E-state index in [0.29, 0.717) is 12.1 Å². The Morgan fingerprint density at radius 1 is 1.40 bits per heavy atom. The zero-order valence-electron chi connectivity index (χ0n) is 11.7. The molecule has 0 unspecified atom stereocenters. The van der Waals surface area contributed by atoms with E-state index in [0.717, 1.165) is 24.2 Å². The highest BCUT2D eigenvalue weighted by molar-refractivity contribution is 5.99. The number of aromatic nitrogens is 3. The van der Waals surface area contributed by atoms with E-state index in [1.807, 2.05) is 13.1 Å². The average molecular weight is 273 g/mol. The fourth-order valence-corrected chi connectivity index (χ4v) is 2.00. The van der Waals surface area contributed by atoms with Crippen molar-refractivity contribution < 1.29 is 4.79 Å². The van der Waals surface area contributed by atoms with E-state index >= 15 is 0 Å². The standard InChI is InChI=1S/C14H19N5O/c1-10-11(8-18-19-10)4-3-6-17-14(20)12-5-7-16-9-13(12)15-2/h5,7-9,15H,3-4,6H2,1-2H3,(H,17,20)(H,18,19). The van der Waals surface area contributed by atoms with E-state index < -0.39 is 0 Å². The minimum absolute atomic E-state index is 0.0827. The predicted octanol–water partition coefficient (Wildman–Crippen LogP) is 1.52. The van der Waals surface area contributed by atoms with E-state index in [1.54, 1.807) is 25.5 Å². The number of aromatic amines is 1. The minimum atomic E-state index is -0.0827. The number of carbonyl (C=O) groups excluding carboxylic acids is 1. The van der Waals surface area contributed by atoms with Gasteiger partial charge in [-0.2, -0.15) is 5.10 Å². The van der Waals surface area contributed by atoms with Crippen LogP contribution in [-0.4, -0.2) is 34.7 Å². The summed E-state index contributed by atoms with van der Waals surface area (Å²) in [5.74, 6) is -0.0827. The molecular weight excluding hydrogens is 254 g/mol. The molecule has 2 aromatic rings. The first-order chi connectivity index (χ1) is 9.72. The highest BCUT2D eigenvalue weighted by Gasteiger charge is 2.09. The molecule has 0 aliphatic heterocycles. The lowest BCUT2D eigenvalue weighted by atomic mass is 10.1. The number of amides is 1. The highest BCUT2D eigenvalue weighted by Crippen LogP contribution is 2.12. The quantitative estimate of drug-likeness (QED) is 0.697. The van der Waals surface area contributed by atoms with E-state index in [2.05, 4.69) is 25.8 Å². The Balaban J connectivity index is 1.82. The van der Waals surface area contributed by atoms with Crippen molar-refractivity contribution in [1.82, 2.24) is 20.5 Å². The lowest BCUT2D eigenvalue weighted by Crippen LogP contribution is -2.25. The zero-order chi connectivity index (χ0) is 14.4. The van der Waals surface area contributed by atoms with Crippen LogP contribution >= 0.6 is 0 Å². The SMILES string of the molecule is CNc1cnccc1C(=O)NCCCc1cn[nH]c1C. The third-order valence-electron chi connectivity index (χ3n) is 3.18. The van der Waals surface area contributed by atoms with Gasteiger partial charge in [0, 0.05) is 25.5 Å². The zero-order valence-corrected chi connectivity index (χ0v) is 11.7. The Labute approximate surface area is 118 Å². The average Bonchev–Trinajstić information content (AvgIpc) is 2.88. The number of carbonyl (C=O) groups is 1. The Hall–Kier alpha value is -2.37. The van der Waals surface area contributed by atoms with Crippen LogP contribution in [-0.2, 0) is 6.42 Å². The van der Waals surface area contributed by atoms with Gasteiger partial charge in [0.1, 0.15) is 0 Å². The molecule has 2 heterocycles. The Morgan fingerprint density at radius 3 is 2.95 bits per heavy atom.